The van der Waals surface area contributed by atoms with E-state index in [1.54, 1.807) is 27.7 Å². The van der Waals surface area contributed by atoms with E-state index in [2.05, 4.69) is 5.10 Å². The summed E-state index contributed by atoms with van der Waals surface area (Å²) in [7, 11) is 0. The standard InChI is InChI=1S/C17H21N3O6/c1-5-26-15(22)13-10-17(23,16(2,3)4)19(18-13)14(21)11-6-8-12(9-7-11)20(24)25/h6-9,23H,5,10H2,1-4H3/t17-/m0/s1. The van der Waals surface area contributed by atoms with Crippen LogP contribution >= 0.6 is 0 Å². The average Bonchev–Trinajstić information content (AvgIpc) is 2.93. The van der Waals surface area contributed by atoms with Crippen molar-refractivity contribution in [1.29, 1.82) is 0 Å². The van der Waals surface area contributed by atoms with Gasteiger partial charge in [-0.3, -0.25) is 14.9 Å². The lowest BCUT2D eigenvalue weighted by molar-refractivity contribution is -0.384. The maximum Gasteiger partial charge on any atom is 0.354 e. The third-order valence-electron chi connectivity index (χ3n) is 4.21. The number of carbonyl (C=O) groups excluding carboxylic acids is 2. The lowest BCUT2D eigenvalue weighted by atomic mass is 9.80. The number of benzene rings is 1. The first-order valence-electron chi connectivity index (χ1n) is 8.07. The van der Waals surface area contributed by atoms with Gasteiger partial charge >= 0.3 is 5.97 Å². The van der Waals surface area contributed by atoms with E-state index in [1.165, 1.54) is 24.3 Å². The van der Waals surface area contributed by atoms with Gasteiger partial charge in [-0.2, -0.15) is 10.1 Å². The smallest absolute Gasteiger partial charge is 0.354 e. The number of hydrogen-bond acceptors (Lipinski definition) is 7. The van der Waals surface area contributed by atoms with Crippen molar-refractivity contribution in [3.63, 3.8) is 0 Å². The van der Waals surface area contributed by atoms with E-state index < -0.39 is 27.9 Å². The molecular weight excluding hydrogens is 342 g/mol. The molecule has 0 aromatic heterocycles. The Balaban J connectivity index is 2.42. The van der Waals surface area contributed by atoms with Crippen LogP contribution in [0.1, 0.15) is 44.5 Å². The predicted molar refractivity (Wildman–Crippen MR) is 92.4 cm³/mol. The van der Waals surface area contributed by atoms with Gasteiger partial charge in [0.15, 0.2) is 11.4 Å². The van der Waals surface area contributed by atoms with Gasteiger partial charge in [-0.25, -0.2) is 4.79 Å². The monoisotopic (exact) mass is 363 g/mol. The van der Waals surface area contributed by atoms with Crippen molar-refractivity contribution in [3.8, 4) is 0 Å². The quantitative estimate of drug-likeness (QED) is 0.496. The van der Waals surface area contributed by atoms with Gasteiger partial charge in [0.05, 0.1) is 11.5 Å². The molecule has 0 unspecified atom stereocenters. The summed E-state index contributed by atoms with van der Waals surface area (Å²) in [4.78, 5) is 35.0. The largest absolute Gasteiger partial charge is 0.461 e. The third kappa shape index (κ3) is 3.43. The number of amides is 1. The van der Waals surface area contributed by atoms with Gasteiger partial charge in [-0.15, -0.1) is 0 Å². The Morgan fingerprint density at radius 3 is 2.38 bits per heavy atom. The van der Waals surface area contributed by atoms with Crippen molar-refractivity contribution in [2.24, 2.45) is 10.5 Å². The fourth-order valence-electron chi connectivity index (χ4n) is 2.52. The summed E-state index contributed by atoms with van der Waals surface area (Å²) in [6.45, 7) is 6.93. The Labute approximate surface area is 150 Å². The van der Waals surface area contributed by atoms with Crippen LogP contribution < -0.4 is 0 Å². The Hall–Kier alpha value is -2.81. The number of nitro groups is 1. The lowest BCUT2D eigenvalue weighted by Crippen LogP contribution is -2.55. The topological polar surface area (TPSA) is 122 Å². The molecule has 1 aliphatic rings. The predicted octanol–water partition coefficient (Wildman–Crippen LogP) is 2.09. The molecule has 1 aromatic rings. The van der Waals surface area contributed by atoms with Crippen LogP contribution in [-0.2, 0) is 9.53 Å². The zero-order valence-corrected chi connectivity index (χ0v) is 15.1. The first kappa shape index (κ1) is 19.5. The molecule has 9 heteroatoms. The number of carbonyl (C=O) groups is 2. The second kappa shape index (κ2) is 6.83. The van der Waals surface area contributed by atoms with Crippen LogP contribution in [0.2, 0.25) is 0 Å². The minimum Gasteiger partial charge on any atom is -0.461 e. The molecule has 1 aliphatic heterocycles. The number of esters is 1. The van der Waals surface area contributed by atoms with Crippen molar-refractivity contribution in [2.75, 3.05) is 6.61 Å². The molecule has 2 rings (SSSR count). The molecule has 140 valence electrons. The second-order valence-electron chi connectivity index (χ2n) is 6.93. The van der Waals surface area contributed by atoms with Crippen molar-refractivity contribution in [1.82, 2.24) is 5.01 Å². The number of hydrogen-bond donors (Lipinski definition) is 1. The summed E-state index contributed by atoms with van der Waals surface area (Å²) in [5.74, 6) is -1.37. The van der Waals surface area contributed by atoms with Crippen LogP contribution in [-0.4, -0.2) is 45.0 Å². The molecule has 0 saturated heterocycles. The number of hydrazone groups is 1. The van der Waals surface area contributed by atoms with Crippen LogP contribution in [0, 0.1) is 15.5 Å². The van der Waals surface area contributed by atoms with Gasteiger partial charge in [-0.1, -0.05) is 20.8 Å². The van der Waals surface area contributed by atoms with Gasteiger partial charge in [0.2, 0.25) is 0 Å². The molecule has 1 N–H and O–H groups in total. The minimum absolute atomic E-state index is 0.0560. The van der Waals surface area contributed by atoms with Gasteiger partial charge in [-0.05, 0) is 19.1 Å². The van der Waals surface area contributed by atoms with Crippen LogP contribution in [0.25, 0.3) is 0 Å². The van der Waals surface area contributed by atoms with Crippen LogP contribution in [0.4, 0.5) is 5.69 Å². The summed E-state index contributed by atoms with van der Waals surface area (Å²) < 4.78 is 4.91. The number of nitrogens with zero attached hydrogens (tertiary/aromatic N) is 3. The highest BCUT2D eigenvalue weighted by atomic mass is 16.6. The van der Waals surface area contributed by atoms with E-state index >= 15 is 0 Å². The third-order valence-corrected chi connectivity index (χ3v) is 4.21. The fourth-order valence-corrected chi connectivity index (χ4v) is 2.52. The van der Waals surface area contributed by atoms with E-state index in [0.29, 0.717) is 0 Å². The van der Waals surface area contributed by atoms with E-state index in [9.17, 15) is 24.8 Å². The molecule has 0 aliphatic carbocycles. The number of non-ortho nitro benzene ring substituents is 1. The molecule has 0 bridgehead atoms. The first-order valence-corrected chi connectivity index (χ1v) is 8.07. The fraction of sp³-hybridized carbons (Fsp3) is 0.471. The lowest BCUT2D eigenvalue weighted by Gasteiger charge is -2.41. The average molecular weight is 363 g/mol. The first-order chi connectivity index (χ1) is 12.0. The Bertz CT molecular complexity index is 766. The molecule has 9 nitrogen and oxygen atoms in total. The molecule has 1 atom stereocenters. The summed E-state index contributed by atoms with van der Waals surface area (Å²) in [5.41, 5.74) is -2.67. The van der Waals surface area contributed by atoms with Gasteiger partial charge in [0.1, 0.15) is 0 Å². The molecule has 0 fully saturated rings. The zero-order valence-electron chi connectivity index (χ0n) is 15.1. The molecule has 1 aromatic carbocycles. The molecule has 26 heavy (non-hydrogen) atoms. The maximum absolute atomic E-state index is 12.9. The number of nitro benzene ring substituents is 1. The normalized spacial score (nSPS) is 19.9. The highest BCUT2D eigenvalue weighted by molar-refractivity contribution is 6.37. The molecular formula is C17H21N3O6. The zero-order chi connectivity index (χ0) is 19.7. The maximum atomic E-state index is 12.9. The van der Waals surface area contributed by atoms with Gasteiger partial charge < -0.3 is 9.84 Å². The number of aliphatic hydroxyl groups is 1. The Morgan fingerprint density at radius 2 is 1.92 bits per heavy atom. The number of rotatable bonds is 4. The molecule has 0 spiro atoms. The molecule has 1 heterocycles. The minimum atomic E-state index is -1.74. The molecule has 0 radical (unpaired) electrons. The highest BCUT2D eigenvalue weighted by Crippen LogP contribution is 2.41. The van der Waals surface area contributed by atoms with E-state index in [4.69, 9.17) is 4.74 Å². The van der Waals surface area contributed by atoms with E-state index in [-0.39, 0.29) is 30.0 Å². The van der Waals surface area contributed by atoms with Crippen molar-refractivity contribution >= 4 is 23.3 Å². The van der Waals surface area contributed by atoms with Crippen molar-refractivity contribution in [3.05, 3.63) is 39.9 Å². The molecule has 1 amide bonds. The van der Waals surface area contributed by atoms with Crippen molar-refractivity contribution < 1.29 is 24.4 Å². The van der Waals surface area contributed by atoms with Gasteiger partial charge in [0.25, 0.3) is 11.6 Å². The molecule has 0 saturated carbocycles. The van der Waals surface area contributed by atoms with E-state index in [0.717, 1.165) is 5.01 Å². The number of ether oxygens (including phenoxy) is 1. The van der Waals surface area contributed by atoms with Gasteiger partial charge in [0, 0.05) is 29.5 Å². The highest BCUT2D eigenvalue weighted by Gasteiger charge is 2.54. The SMILES string of the molecule is CCOC(=O)C1=NN(C(=O)c2ccc([N+](=O)[O-])cc2)[C@@](O)(C(C)(C)C)C1. The summed E-state index contributed by atoms with van der Waals surface area (Å²) in [5, 5.41) is 26.7. The van der Waals surface area contributed by atoms with Crippen molar-refractivity contribution in [2.45, 2.75) is 39.8 Å². The van der Waals surface area contributed by atoms with Crippen LogP contribution in [0.5, 0.6) is 0 Å². The van der Waals surface area contributed by atoms with E-state index in [1.807, 2.05) is 0 Å². The Morgan fingerprint density at radius 1 is 1.35 bits per heavy atom. The Kier molecular flexibility index (Phi) is 5.13. The summed E-state index contributed by atoms with van der Waals surface area (Å²) >= 11 is 0. The summed E-state index contributed by atoms with van der Waals surface area (Å²) in [6.07, 6.45) is -0.173. The summed E-state index contributed by atoms with van der Waals surface area (Å²) in [6, 6.07) is 4.94. The second-order valence-corrected chi connectivity index (χ2v) is 6.93. The van der Waals surface area contributed by atoms with Crippen LogP contribution in [0.15, 0.2) is 29.4 Å². The van der Waals surface area contributed by atoms with Crippen LogP contribution in [0.3, 0.4) is 0 Å².